The highest BCUT2D eigenvalue weighted by molar-refractivity contribution is 5.89. The van der Waals surface area contributed by atoms with E-state index in [0.29, 0.717) is 0 Å². The van der Waals surface area contributed by atoms with Crippen LogP contribution in [0.5, 0.6) is 0 Å². The third kappa shape index (κ3) is 10.2. The van der Waals surface area contributed by atoms with E-state index in [-0.39, 0.29) is 19.8 Å². The van der Waals surface area contributed by atoms with Gasteiger partial charge < -0.3 is 24.8 Å². The summed E-state index contributed by atoms with van der Waals surface area (Å²) in [5.74, 6) is -2.11. The minimum Gasteiger partial charge on any atom is -0.460 e. The van der Waals surface area contributed by atoms with Gasteiger partial charge in [0, 0.05) is 0 Å². The van der Waals surface area contributed by atoms with Gasteiger partial charge in [0.05, 0.1) is 6.42 Å². The maximum atomic E-state index is 12.7. The predicted molar refractivity (Wildman–Crippen MR) is 134 cm³/mol. The van der Waals surface area contributed by atoms with Gasteiger partial charge in [0.1, 0.15) is 32.4 Å². The van der Waals surface area contributed by atoms with E-state index in [9.17, 15) is 19.2 Å². The first kappa shape index (κ1) is 26.9. The van der Waals surface area contributed by atoms with Gasteiger partial charge in [0.15, 0.2) is 0 Å². The second-order valence-electron chi connectivity index (χ2n) is 7.98. The highest BCUT2D eigenvalue weighted by Crippen LogP contribution is 2.06. The minimum absolute atomic E-state index is 0.0160. The highest BCUT2D eigenvalue weighted by Gasteiger charge is 2.26. The van der Waals surface area contributed by atoms with Crippen LogP contribution in [0.15, 0.2) is 91.0 Å². The molecule has 192 valence electrons. The van der Waals surface area contributed by atoms with Crippen molar-refractivity contribution in [2.45, 2.75) is 32.3 Å². The molecule has 0 unspecified atom stereocenters. The van der Waals surface area contributed by atoms with E-state index in [1.165, 1.54) is 0 Å². The van der Waals surface area contributed by atoms with E-state index in [1.54, 1.807) is 60.7 Å². The van der Waals surface area contributed by atoms with Gasteiger partial charge in [-0.05, 0) is 16.7 Å². The summed E-state index contributed by atoms with van der Waals surface area (Å²) in [6.45, 7) is -0.378. The Balaban J connectivity index is 1.51. The fraction of sp³-hybridized carbons (Fsp3) is 0.214. The van der Waals surface area contributed by atoms with E-state index in [4.69, 9.17) is 14.2 Å². The molecule has 3 aromatic carbocycles. The lowest BCUT2D eigenvalue weighted by molar-refractivity contribution is -0.149. The Bertz CT molecular complexity index is 1150. The van der Waals surface area contributed by atoms with Crippen molar-refractivity contribution in [1.82, 2.24) is 10.6 Å². The second-order valence-corrected chi connectivity index (χ2v) is 7.98. The number of hydrogen-bond donors (Lipinski definition) is 2. The van der Waals surface area contributed by atoms with Gasteiger partial charge in [0.2, 0.25) is 5.91 Å². The van der Waals surface area contributed by atoms with E-state index in [2.05, 4.69) is 10.6 Å². The minimum atomic E-state index is -1.33. The maximum absolute atomic E-state index is 12.7. The predicted octanol–water partition coefficient (Wildman–Crippen LogP) is 3.27. The topological polar surface area (TPSA) is 120 Å². The van der Waals surface area contributed by atoms with Crippen LogP contribution in [-0.2, 0) is 48.4 Å². The largest absolute Gasteiger partial charge is 0.460 e. The fourth-order valence-corrected chi connectivity index (χ4v) is 3.15. The summed E-state index contributed by atoms with van der Waals surface area (Å²) in [7, 11) is 0. The van der Waals surface area contributed by atoms with Crippen molar-refractivity contribution in [3.05, 3.63) is 108 Å². The van der Waals surface area contributed by atoms with Crippen LogP contribution in [0.1, 0.15) is 23.1 Å². The lowest BCUT2D eigenvalue weighted by atomic mass is 10.2. The molecule has 2 amide bonds. The van der Waals surface area contributed by atoms with E-state index >= 15 is 0 Å². The zero-order valence-corrected chi connectivity index (χ0v) is 20.1. The first-order chi connectivity index (χ1) is 18.0. The number of esters is 2. The number of alkyl carbamates (subject to hydrolysis) is 1. The van der Waals surface area contributed by atoms with Crippen molar-refractivity contribution in [1.29, 1.82) is 0 Å². The lowest BCUT2D eigenvalue weighted by Gasteiger charge is -2.17. The Morgan fingerprint density at radius 2 is 1.08 bits per heavy atom. The van der Waals surface area contributed by atoms with Crippen molar-refractivity contribution < 1.29 is 33.4 Å². The molecule has 3 rings (SSSR count). The van der Waals surface area contributed by atoms with E-state index in [0.717, 1.165) is 16.7 Å². The Morgan fingerprint density at radius 3 is 1.59 bits per heavy atom. The SMILES string of the molecule is O=C(C[C@H](NC(=O)OCc1ccccc1)C(=O)OCc1ccccc1)NCC(=O)OCc1ccccc1. The number of hydrogen-bond acceptors (Lipinski definition) is 7. The number of carbonyl (C=O) groups is 4. The molecule has 0 aliphatic heterocycles. The molecule has 9 heteroatoms. The maximum Gasteiger partial charge on any atom is 0.408 e. The Morgan fingerprint density at radius 1 is 0.622 bits per heavy atom. The fourth-order valence-electron chi connectivity index (χ4n) is 3.15. The van der Waals surface area contributed by atoms with Gasteiger partial charge in [-0.15, -0.1) is 0 Å². The molecule has 37 heavy (non-hydrogen) atoms. The Kier molecular flexibility index (Phi) is 10.7. The van der Waals surface area contributed by atoms with E-state index < -0.39 is 42.9 Å². The van der Waals surface area contributed by atoms with Gasteiger partial charge in [0.25, 0.3) is 0 Å². The summed E-state index contributed by atoms with van der Waals surface area (Å²) in [6, 6.07) is 25.7. The molecule has 0 spiro atoms. The van der Waals surface area contributed by atoms with Gasteiger partial charge in [-0.25, -0.2) is 9.59 Å². The number of rotatable bonds is 12. The third-order valence-electron chi connectivity index (χ3n) is 5.08. The molecule has 9 nitrogen and oxygen atoms in total. The van der Waals surface area contributed by atoms with Crippen LogP contribution in [0, 0.1) is 0 Å². The molecule has 0 aliphatic carbocycles. The van der Waals surface area contributed by atoms with Crippen LogP contribution in [0.4, 0.5) is 4.79 Å². The van der Waals surface area contributed by atoms with Gasteiger partial charge in [-0.2, -0.15) is 0 Å². The van der Waals surface area contributed by atoms with Crippen molar-refractivity contribution in [3.8, 4) is 0 Å². The van der Waals surface area contributed by atoms with Crippen molar-refractivity contribution in [3.63, 3.8) is 0 Å². The zero-order chi connectivity index (χ0) is 26.3. The van der Waals surface area contributed by atoms with E-state index in [1.807, 2.05) is 30.3 Å². The monoisotopic (exact) mass is 504 g/mol. The standard InChI is InChI=1S/C28H28N2O7/c31-25(29-17-26(32)35-18-21-10-4-1-5-11-21)16-24(27(33)36-19-22-12-6-2-7-13-22)30-28(34)37-20-23-14-8-3-9-15-23/h1-15,24H,16-20H2,(H,29,31)(H,30,34)/t24-/m0/s1. The molecule has 0 saturated carbocycles. The quantitative estimate of drug-likeness (QED) is 0.287. The van der Waals surface area contributed by atoms with Crippen LogP contribution in [0.3, 0.4) is 0 Å². The number of nitrogens with one attached hydrogen (secondary N) is 2. The van der Waals surface area contributed by atoms with Gasteiger partial charge in [-0.1, -0.05) is 91.0 Å². The molecule has 0 radical (unpaired) electrons. The number of ether oxygens (including phenoxy) is 3. The van der Waals surface area contributed by atoms with Crippen LogP contribution >= 0.6 is 0 Å². The van der Waals surface area contributed by atoms with Crippen molar-refractivity contribution in [2.24, 2.45) is 0 Å². The Labute approximate surface area is 214 Å². The lowest BCUT2D eigenvalue weighted by Crippen LogP contribution is -2.45. The summed E-state index contributed by atoms with van der Waals surface area (Å²) in [5.41, 5.74) is 2.31. The zero-order valence-electron chi connectivity index (χ0n) is 20.1. The van der Waals surface area contributed by atoms with Gasteiger partial charge in [-0.3, -0.25) is 9.59 Å². The number of amides is 2. The van der Waals surface area contributed by atoms with Crippen molar-refractivity contribution in [2.75, 3.05) is 6.54 Å². The molecule has 0 heterocycles. The van der Waals surface area contributed by atoms with Crippen LogP contribution in [0.2, 0.25) is 0 Å². The van der Waals surface area contributed by atoms with Crippen LogP contribution in [-0.4, -0.2) is 36.5 Å². The molecule has 0 saturated heterocycles. The third-order valence-corrected chi connectivity index (χ3v) is 5.08. The molecule has 2 N–H and O–H groups in total. The first-order valence-corrected chi connectivity index (χ1v) is 11.6. The highest BCUT2D eigenvalue weighted by atomic mass is 16.6. The summed E-state index contributed by atoms with van der Waals surface area (Å²) in [4.78, 5) is 49.5. The van der Waals surface area contributed by atoms with Crippen LogP contribution in [0.25, 0.3) is 0 Å². The smallest absolute Gasteiger partial charge is 0.408 e. The van der Waals surface area contributed by atoms with Gasteiger partial charge >= 0.3 is 18.0 Å². The molecule has 0 fully saturated rings. The second kappa shape index (κ2) is 14.7. The molecule has 0 aromatic heterocycles. The average Bonchev–Trinajstić information content (AvgIpc) is 2.94. The molecule has 0 bridgehead atoms. The van der Waals surface area contributed by atoms with Crippen molar-refractivity contribution >= 4 is 23.9 Å². The normalized spacial score (nSPS) is 11.0. The average molecular weight is 505 g/mol. The number of benzene rings is 3. The molecule has 3 aromatic rings. The molecule has 0 aliphatic rings. The van der Waals surface area contributed by atoms with Crippen LogP contribution < -0.4 is 10.6 Å². The summed E-state index contributed by atoms with van der Waals surface area (Å²) >= 11 is 0. The summed E-state index contributed by atoms with van der Waals surface area (Å²) in [5, 5.41) is 4.77. The molecular formula is C28H28N2O7. The molecule has 1 atom stereocenters. The molecular weight excluding hydrogens is 476 g/mol. The summed E-state index contributed by atoms with van der Waals surface area (Å²) < 4.78 is 15.6. The summed E-state index contributed by atoms with van der Waals surface area (Å²) in [6.07, 6.45) is -1.35. The first-order valence-electron chi connectivity index (χ1n) is 11.6. The number of carbonyl (C=O) groups excluding carboxylic acids is 4. The Hall–Kier alpha value is -4.66.